The van der Waals surface area contributed by atoms with E-state index in [2.05, 4.69) is 10.1 Å². The van der Waals surface area contributed by atoms with Crippen LogP contribution >= 0.6 is 0 Å². The van der Waals surface area contributed by atoms with Gasteiger partial charge in [-0.2, -0.15) is 0 Å². The third-order valence-corrected chi connectivity index (χ3v) is 6.01. The Morgan fingerprint density at radius 2 is 2.06 bits per heavy atom. The second-order valence-corrected chi connectivity index (χ2v) is 8.37. The van der Waals surface area contributed by atoms with Crippen LogP contribution in [-0.4, -0.2) is 41.1 Å². The molecule has 0 spiro atoms. The standard InChI is InChI=1S/C26H24FN3O4/c1-32-21-6-2-4-18(13-21)23-14-24(34-29-23)26(31)30-11-3-5-19(16-30)25-28-15-22(33-25)12-17-7-9-20(27)10-8-17/h2,4,6-10,13-15,19H,3,5,11-12,16H2,1H3/t19-/m1/s1. The molecule has 1 saturated heterocycles. The third kappa shape index (κ3) is 4.71. The molecule has 1 aliphatic rings. The summed E-state index contributed by atoms with van der Waals surface area (Å²) in [5.74, 6) is 1.76. The first-order chi connectivity index (χ1) is 16.6. The van der Waals surface area contributed by atoms with Crippen molar-refractivity contribution in [1.29, 1.82) is 0 Å². The minimum absolute atomic E-state index is 0.000411. The van der Waals surface area contributed by atoms with Gasteiger partial charge in [0.25, 0.3) is 5.91 Å². The maximum absolute atomic E-state index is 13.1. The van der Waals surface area contributed by atoms with Gasteiger partial charge in [0.2, 0.25) is 5.76 Å². The Kier molecular flexibility index (Phi) is 6.12. The monoisotopic (exact) mass is 461 g/mol. The molecule has 0 aliphatic carbocycles. The van der Waals surface area contributed by atoms with Crippen LogP contribution in [0.15, 0.2) is 69.7 Å². The number of carbonyl (C=O) groups is 1. The summed E-state index contributed by atoms with van der Waals surface area (Å²) in [5.41, 5.74) is 2.34. The van der Waals surface area contributed by atoms with Crippen molar-refractivity contribution >= 4 is 5.91 Å². The maximum atomic E-state index is 13.1. The van der Waals surface area contributed by atoms with Crippen LogP contribution < -0.4 is 4.74 Å². The molecule has 4 aromatic rings. The second kappa shape index (κ2) is 9.51. The van der Waals surface area contributed by atoms with E-state index in [0.717, 1.165) is 24.0 Å². The fraction of sp³-hybridized carbons (Fsp3) is 0.269. The fourth-order valence-electron chi connectivity index (χ4n) is 4.21. The van der Waals surface area contributed by atoms with Crippen LogP contribution in [-0.2, 0) is 6.42 Å². The van der Waals surface area contributed by atoms with E-state index in [9.17, 15) is 9.18 Å². The van der Waals surface area contributed by atoms with Crippen LogP contribution in [0.5, 0.6) is 5.75 Å². The molecule has 5 rings (SSSR count). The van der Waals surface area contributed by atoms with Crippen molar-refractivity contribution in [2.75, 3.05) is 20.2 Å². The van der Waals surface area contributed by atoms with Crippen molar-refractivity contribution in [3.63, 3.8) is 0 Å². The number of rotatable bonds is 6. The lowest BCUT2D eigenvalue weighted by atomic mass is 9.97. The number of ether oxygens (including phenoxy) is 1. The molecule has 1 fully saturated rings. The van der Waals surface area contributed by atoms with Crippen LogP contribution in [0.25, 0.3) is 11.3 Å². The van der Waals surface area contributed by atoms with E-state index in [4.69, 9.17) is 13.7 Å². The normalized spacial score (nSPS) is 15.9. The fourth-order valence-corrected chi connectivity index (χ4v) is 4.21. The minimum Gasteiger partial charge on any atom is -0.497 e. The summed E-state index contributed by atoms with van der Waals surface area (Å²) in [5, 5.41) is 4.07. The highest BCUT2D eigenvalue weighted by Crippen LogP contribution is 2.29. The van der Waals surface area contributed by atoms with E-state index in [1.807, 2.05) is 24.3 Å². The molecule has 2 aromatic heterocycles. The number of carbonyl (C=O) groups excluding carboxylic acids is 1. The van der Waals surface area contributed by atoms with E-state index >= 15 is 0 Å². The van der Waals surface area contributed by atoms with E-state index in [1.165, 1.54) is 12.1 Å². The zero-order valence-corrected chi connectivity index (χ0v) is 18.7. The second-order valence-electron chi connectivity index (χ2n) is 8.37. The summed E-state index contributed by atoms with van der Waals surface area (Å²) in [6, 6.07) is 15.4. The molecule has 8 heteroatoms. The van der Waals surface area contributed by atoms with Crippen LogP contribution in [0.2, 0.25) is 0 Å². The molecular weight excluding hydrogens is 437 g/mol. The predicted molar refractivity (Wildman–Crippen MR) is 122 cm³/mol. The molecule has 0 radical (unpaired) electrons. The van der Waals surface area contributed by atoms with Crippen molar-refractivity contribution in [3.8, 4) is 17.0 Å². The zero-order valence-electron chi connectivity index (χ0n) is 18.7. The molecule has 1 atom stereocenters. The molecule has 34 heavy (non-hydrogen) atoms. The molecule has 3 heterocycles. The van der Waals surface area contributed by atoms with E-state index in [1.54, 1.807) is 36.4 Å². The summed E-state index contributed by atoms with van der Waals surface area (Å²) < 4.78 is 29.8. The molecule has 7 nitrogen and oxygen atoms in total. The highest BCUT2D eigenvalue weighted by Gasteiger charge is 2.30. The van der Waals surface area contributed by atoms with Gasteiger partial charge in [-0.05, 0) is 42.7 Å². The number of methoxy groups -OCH3 is 1. The summed E-state index contributed by atoms with van der Waals surface area (Å²) in [4.78, 5) is 19.3. The van der Waals surface area contributed by atoms with Gasteiger partial charge in [0, 0.05) is 31.1 Å². The third-order valence-electron chi connectivity index (χ3n) is 6.01. The van der Waals surface area contributed by atoms with E-state index in [-0.39, 0.29) is 23.4 Å². The van der Waals surface area contributed by atoms with Crippen molar-refractivity contribution in [2.24, 2.45) is 0 Å². The first-order valence-corrected chi connectivity index (χ1v) is 11.2. The molecule has 0 N–H and O–H groups in total. The molecular formula is C26H24FN3O4. The lowest BCUT2D eigenvalue weighted by molar-refractivity contribution is 0.0656. The molecule has 0 unspecified atom stereocenters. The highest BCUT2D eigenvalue weighted by atomic mass is 19.1. The number of benzene rings is 2. The minimum atomic E-state index is -0.267. The number of hydrogen-bond donors (Lipinski definition) is 0. The maximum Gasteiger partial charge on any atom is 0.292 e. The Morgan fingerprint density at radius 1 is 1.21 bits per heavy atom. The number of likely N-dealkylation sites (tertiary alicyclic amines) is 1. The Labute approximate surface area is 196 Å². The Morgan fingerprint density at radius 3 is 2.88 bits per heavy atom. The molecule has 2 aromatic carbocycles. The summed E-state index contributed by atoms with van der Waals surface area (Å²) in [7, 11) is 1.60. The lowest BCUT2D eigenvalue weighted by Gasteiger charge is -2.30. The number of hydrogen-bond acceptors (Lipinski definition) is 6. The number of amides is 1. The van der Waals surface area contributed by atoms with E-state index < -0.39 is 0 Å². The Bertz CT molecular complexity index is 1280. The first kappa shape index (κ1) is 21.9. The first-order valence-electron chi connectivity index (χ1n) is 11.2. The topological polar surface area (TPSA) is 81.6 Å². The van der Waals surface area contributed by atoms with E-state index in [0.29, 0.717) is 42.6 Å². The number of piperidine rings is 1. The quantitative estimate of drug-likeness (QED) is 0.398. The van der Waals surface area contributed by atoms with Crippen LogP contribution in [0.1, 0.15) is 46.5 Å². The highest BCUT2D eigenvalue weighted by molar-refractivity contribution is 5.92. The number of nitrogens with zero attached hydrogens (tertiary/aromatic N) is 3. The molecule has 0 saturated carbocycles. The average Bonchev–Trinajstić information content (AvgIpc) is 3.55. The molecule has 0 bridgehead atoms. The van der Waals surface area contributed by atoms with Gasteiger partial charge in [0.15, 0.2) is 5.89 Å². The number of oxazole rings is 1. The van der Waals surface area contributed by atoms with Crippen molar-refractivity contribution in [3.05, 3.63) is 89.6 Å². The van der Waals surface area contributed by atoms with Crippen LogP contribution in [0.3, 0.4) is 0 Å². The average molecular weight is 461 g/mol. The summed E-state index contributed by atoms with van der Waals surface area (Å²) >= 11 is 0. The number of aromatic nitrogens is 2. The van der Waals surface area contributed by atoms with Gasteiger partial charge in [-0.15, -0.1) is 0 Å². The van der Waals surface area contributed by atoms with Gasteiger partial charge in [-0.3, -0.25) is 4.79 Å². The van der Waals surface area contributed by atoms with Gasteiger partial charge < -0.3 is 18.6 Å². The predicted octanol–water partition coefficient (Wildman–Crippen LogP) is 5.09. The molecule has 1 aliphatic heterocycles. The number of halogens is 1. The molecule has 1 amide bonds. The van der Waals surface area contributed by atoms with Crippen molar-refractivity contribution in [1.82, 2.24) is 15.0 Å². The zero-order chi connectivity index (χ0) is 23.5. The Hall–Kier alpha value is -3.94. The van der Waals surface area contributed by atoms with Crippen LogP contribution in [0.4, 0.5) is 4.39 Å². The smallest absolute Gasteiger partial charge is 0.292 e. The van der Waals surface area contributed by atoms with Crippen molar-refractivity contribution < 1.29 is 22.9 Å². The van der Waals surface area contributed by atoms with Crippen molar-refractivity contribution in [2.45, 2.75) is 25.2 Å². The largest absolute Gasteiger partial charge is 0.497 e. The lowest BCUT2D eigenvalue weighted by Crippen LogP contribution is -2.39. The summed E-state index contributed by atoms with van der Waals surface area (Å²) in [6.45, 7) is 1.12. The molecule has 174 valence electrons. The Balaban J connectivity index is 1.26. The van der Waals surface area contributed by atoms with Crippen LogP contribution in [0, 0.1) is 5.82 Å². The van der Waals surface area contributed by atoms with Gasteiger partial charge in [0.1, 0.15) is 23.0 Å². The SMILES string of the molecule is COc1cccc(-c2cc(C(=O)N3CCC[C@@H](c4ncc(Cc5ccc(F)cc5)o4)C3)on2)c1. The summed E-state index contributed by atoms with van der Waals surface area (Å²) in [6.07, 6.45) is 3.96. The van der Waals surface area contributed by atoms with Gasteiger partial charge in [0.05, 0.1) is 19.2 Å². The van der Waals surface area contributed by atoms with Gasteiger partial charge in [-0.1, -0.05) is 29.4 Å². The van der Waals surface area contributed by atoms with Gasteiger partial charge >= 0.3 is 0 Å². The van der Waals surface area contributed by atoms with Gasteiger partial charge in [-0.25, -0.2) is 9.37 Å².